The number of aliphatic hydroxyl groups excluding tert-OH is 1. The molecule has 0 aromatic carbocycles. The predicted molar refractivity (Wildman–Crippen MR) is 115 cm³/mol. The first-order valence-electron chi connectivity index (χ1n) is 10.4. The van der Waals surface area contributed by atoms with Crippen LogP contribution in [0.2, 0.25) is 0 Å². The van der Waals surface area contributed by atoms with E-state index in [1.807, 2.05) is 26.0 Å². The number of carbonyl (C=O) groups excluding carboxylic acids is 2. The highest BCUT2D eigenvalue weighted by molar-refractivity contribution is 6.00. The summed E-state index contributed by atoms with van der Waals surface area (Å²) >= 11 is 0. The number of ketones is 1. The minimum Gasteiger partial charge on any atom is -0.458 e. The lowest BCUT2D eigenvalue weighted by atomic mass is 9.79. The van der Waals surface area contributed by atoms with E-state index in [2.05, 4.69) is 39.0 Å². The molecule has 0 fully saturated rings. The molecule has 0 saturated carbocycles. The second-order valence-electron chi connectivity index (χ2n) is 7.95. The number of carbonyl (C=O) groups is 2. The summed E-state index contributed by atoms with van der Waals surface area (Å²) in [5, 5.41) is 10.6. The zero-order valence-corrected chi connectivity index (χ0v) is 18.6. The summed E-state index contributed by atoms with van der Waals surface area (Å²) in [4.78, 5) is 24.1. The lowest BCUT2D eigenvalue weighted by Crippen LogP contribution is -2.44. The standard InChI is InChI=1S/C24H36O5/c1-7-28-15-20-14-21(29-19(6)25)22(24(27)23(20)26)18(5)13-9-12-17(4)11-8-10-16(2)3/h8-9,11-14,16-17,21-22,24,27H,7,10,15H2,1-6H3/b11-8-,12-9-,18-13-/t17-,21-,22-,24+/m0/s1. The third-order valence-corrected chi connectivity index (χ3v) is 4.76. The Morgan fingerprint density at radius 2 is 1.93 bits per heavy atom. The fourth-order valence-corrected chi connectivity index (χ4v) is 3.18. The van der Waals surface area contributed by atoms with Gasteiger partial charge in [0.05, 0.1) is 12.5 Å². The number of ether oxygens (including phenoxy) is 2. The fourth-order valence-electron chi connectivity index (χ4n) is 3.18. The normalized spacial score (nSPS) is 24.4. The van der Waals surface area contributed by atoms with Gasteiger partial charge in [-0.3, -0.25) is 9.59 Å². The van der Waals surface area contributed by atoms with Crippen molar-refractivity contribution in [2.75, 3.05) is 13.2 Å². The monoisotopic (exact) mass is 404 g/mol. The van der Waals surface area contributed by atoms with Crippen molar-refractivity contribution in [3.05, 3.63) is 47.6 Å². The molecule has 162 valence electrons. The third-order valence-electron chi connectivity index (χ3n) is 4.76. The molecule has 0 radical (unpaired) electrons. The zero-order valence-electron chi connectivity index (χ0n) is 18.6. The lowest BCUT2D eigenvalue weighted by Gasteiger charge is -2.33. The number of hydrogen-bond donors (Lipinski definition) is 1. The van der Waals surface area contributed by atoms with Crippen molar-refractivity contribution >= 4 is 11.8 Å². The van der Waals surface area contributed by atoms with Crippen LogP contribution in [0, 0.1) is 17.8 Å². The minimum atomic E-state index is -1.27. The highest BCUT2D eigenvalue weighted by atomic mass is 16.5. The van der Waals surface area contributed by atoms with Gasteiger partial charge in [-0.1, -0.05) is 56.7 Å². The number of esters is 1. The van der Waals surface area contributed by atoms with Crippen LogP contribution in [0.5, 0.6) is 0 Å². The summed E-state index contributed by atoms with van der Waals surface area (Å²) in [6.07, 6.45) is 10.8. The molecular formula is C24H36O5. The Balaban J connectivity index is 2.98. The van der Waals surface area contributed by atoms with Crippen LogP contribution in [0.15, 0.2) is 47.6 Å². The number of hydrogen-bond acceptors (Lipinski definition) is 5. The van der Waals surface area contributed by atoms with Crippen molar-refractivity contribution in [3.8, 4) is 0 Å². The van der Waals surface area contributed by atoms with Crippen LogP contribution >= 0.6 is 0 Å². The molecule has 0 saturated heterocycles. The van der Waals surface area contributed by atoms with E-state index in [0.717, 1.165) is 12.0 Å². The molecule has 1 aliphatic carbocycles. The Hall–Kier alpha value is -1.98. The Bertz CT molecular complexity index is 669. The van der Waals surface area contributed by atoms with Gasteiger partial charge >= 0.3 is 5.97 Å². The second-order valence-corrected chi connectivity index (χ2v) is 7.95. The van der Waals surface area contributed by atoms with E-state index in [1.54, 1.807) is 6.08 Å². The number of aliphatic hydroxyl groups is 1. The SMILES string of the molecule is CCOCC1=C[C@H](OC(C)=O)[C@H](/C(C)=C\C=C/[C@@H](C)/C=C\CC(C)C)[C@@H](O)C1=O. The molecule has 5 nitrogen and oxygen atoms in total. The molecule has 1 rings (SSSR count). The molecule has 0 aliphatic heterocycles. The van der Waals surface area contributed by atoms with Crippen molar-refractivity contribution < 1.29 is 24.2 Å². The topological polar surface area (TPSA) is 72.8 Å². The second kappa shape index (κ2) is 12.6. The smallest absolute Gasteiger partial charge is 0.303 e. The highest BCUT2D eigenvalue weighted by Crippen LogP contribution is 2.30. The Morgan fingerprint density at radius 1 is 1.24 bits per heavy atom. The van der Waals surface area contributed by atoms with E-state index in [9.17, 15) is 14.7 Å². The molecule has 0 bridgehead atoms. The van der Waals surface area contributed by atoms with Crippen LogP contribution in [0.4, 0.5) is 0 Å². The van der Waals surface area contributed by atoms with E-state index in [-0.39, 0.29) is 18.3 Å². The quantitative estimate of drug-likeness (QED) is 0.336. The summed E-state index contributed by atoms with van der Waals surface area (Å²) in [5.74, 6) is -0.547. The van der Waals surface area contributed by atoms with Gasteiger partial charge in [0.25, 0.3) is 0 Å². The number of allylic oxidation sites excluding steroid dienone is 5. The molecule has 29 heavy (non-hydrogen) atoms. The minimum absolute atomic E-state index is 0.0970. The molecule has 0 amide bonds. The number of rotatable bonds is 10. The van der Waals surface area contributed by atoms with E-state index in [4.69, 9.17) is 9.47 Å². The molecule has 4 atom stereocenters. The van der Waals surface area contributed by atoms with Crippen molar-refractivity contribution in [1.82, 2.24) is 0 Å². The van der Waals surface area contributed by atoms with E-state index in [1.165, 1.54) is 6.92 Å². The van der Waals surface area contributed by atoms with Gasteiger partial charge in [0.15, 0.2) is 5.78 Å². The first-order chi connectivity index (χ1) is 13.7. The van der Waals surface area contributed by atoms with Crippen LogP contribution in [0.1, 0.15) is 48.0 Å². The Labute approximate surface area is 175 Å². The van der Waals surface area contributed by atoms with Gasteiger partial charge in [-0.2, -0.15) is 0 Å². The average Bonchev–Trinajstić information content (AvgIpc) is 2.62. The van der Waals surface area contributed by atoms with Gasteiger partial charge in [-0.25, -0.2) is 0 Å². The Kier molecular flexibility index (Phi) is 10.8. The first kappa shape index (κ1) is 25.1. The van der Waals surface area contributed by atoms with E-state index < -0.39 is 24.1 Å². The molecule has 0 heterocycles. The van der Waals surface area contributed by atoms with Crippen LogP contribution in [0.25, 0.3) is 0 Å². The molecule has 1 aliphatic rings. The maximum Gasteiger partial charge on any atom is 0.303 e. The first-order valence-corrected chi connectivity index (χ1v) is 10.4. The van der Waals surface area contributed by atoms with E-state index >= 15 is 0 Å². The van der Waals surface area contributed by atoms with Crippen molar-refractivity contribution in [2.24, 2.45) is 17.8 Å². The van der Waals surface area contributed by atoms with Crippen molar-refractivity contribution in [1.29, 1.82) is 0 Å². The van der Waals surface area contributed by atoms with Crippen molar-refractivity contribution in [3.63, 3.8) is 0 Å². The van der Waals surface area contributed by atoms with Gasteiger partial charge in [0.1, 0.15) is 12.2 Å². The lowest BCUT2D eigenvalue weighted by molar-refractivity contribution is -0.150. The van der Waals surface area contributed by atoms with Crippen molar-refractivity contribution in [2.45, 2.75) is 60.2 Å². The molecule has 5 heteroatoms. The highest BCUT2D eigenvalue weighted by Gasteiger charge is 2.40. The maximum absolute atomic E-state index is 12.5. The summed E-state index contributed by atoms with van der Waals surface area (Å²) in [6.45, 7) is 12.0. The predicted octanol–water partition coefficient (Wildman–Crippen LogP) is 4.18. The molecule has 0 aromatic heterocycles. The van der Waals surface area contributed by atoms with Gasteiger partial charge in [0, 0.05) is 19.1 Å². The van der Waals surface area contributed by atoms with Crippen LogP contribution in [-0.2, 0) is 19.1 Å². The zero-order chi connectivity index (χ0) is 22.0. The van der Waals surface area contributed by atoms with Crippen LogP contribution in [-0.4, -0.2) is 42.3 Å². The van der Waals surface area contributed by atoms with Gasteiger partial charge in [-0.05, 0) is 38.2 Å². The third kappa shape index (κ3) is 8.50. The maximum atomic E-state index is 12.5. The molecule has 1 N–H and O–H groups in total. The van der Waals surface area contributed by atoms with Crippen LogP contribution in [0.3, 0.4) is 0 Å². The molecule has 0 unspecified atom stereocenters. The number of Topliss-reactive ketones (excluding diaryl/α,β-unsaturated/α-hetero) is 1. The summed E-state index contributed by atoms with van der Waals surface area (Å²) in [5.41, 5.74) is 1.12. The van der Waals surface area contributed by atoms with E-state index in [0.29, 0.717) is 18.1 Å². The fraction of sp³-hybridized carbons (Fsp3) is 0.583. The summed E-state index contributed by atoms with van der Waals surface area (Å²) in [6, 6.07) is 0. The molecule has 0 spiro atoms. The summed E-state index contributed by atoms with van der Waals surface area (Å²) in [7, 11) is 0. The molecule has 0 aromatic rings. The molecular weight excluding hydrogens is 368 g/mol. The van der Waals surface area contributed by atoms with Gasteiger partial charge in [0.2, 0.25) is 0 Å². The largest absolute Gasteiger partial charge is 0.458 e. The Morgan fingerprint density at radius 3 is 2.52 bits per heavy atom. The van der Waals surface area contributed by atoms with Gasteiger partial charge in [-0.15, -0.1) is 0 Å². The van der Waals surface area contributed by atoms with Gasteiger partial charge < -0.3 is 14.6 Å². The average molecular weight is 405 g/mol. The van der Waals surface area contributed by atoms with Crippen LogP contribution < -0.4 is 0 Å². The summed E-state index contributed by atoms with van der Waals surface area (Å²) < 4.78 is 10.7.